The van der Waals surface area contributed by atoms with Crippen molar-refractivity contribution in [1.82, 2.24) is 10.2 Å². The number of carbonyl (C=O) groups excluding carboxylic acids is 2. The summed E-state index contributed by atoms with van der Waals surface area (Å²) in [5.74, 6) is -0.508. The third kappa shape index (κ3) is 8.52. The topological polar surface area (TPSA) is 96.0 Å². The molecule has 3 rings (SSSR count). The van der Waals surface area contributed by atoms with Crippen molar-refractivity contribution in [3.63, 3.8) is 0 Å². The largest absolute Gasteiger partial charge is 0.492 e. The second kappa shape index (κ2) is 15.5. The number of halogens is 1. The van der Waals surface area contributed by atoms with E-state index in [1.807, 2.05) is 44.4 Å². The number of rotatable bonds is 14. The number of ether oxygens (including phenoxy) is 1. The molecule has 8 nitrogen and oxygen atoms in total. The molecule has 3 aromatic rings. The highest BCUT2D eigenvalue weighted by atomic mass is 79.9. The minimum atomic E-state index is -4.21. The van der Waals surface area contributed by atoms with Crippen molar-refractivity contribution in [2.45, 2.75) is 62.5 Å². The van der Waals surface area contributed by atoms with E-state index in [0.29, 0.717) is 12.4 Å². The molecule has 0 unspecified atom stereocenters. The molecule has 0 aliphatic rings. The average Bonchev–Trinajstić information content (AvgIpc) is 2.99. The lowest BCUT2D eigenvalue weighted by Crippen LogP contribution is -2.52. The molecule has 0 saturated heterocycles. The van der Waals surface area contributed by atoms with Crippen molar-refractivity contribution in [2.75, 3.05) is 23.7 Å². The lowest BCUT2D eigenvalue weighted by Gasteiger charge is -2.33. The third-order valence-corrected chi connectivity index (χ3v) is 9.84. The van der Waals surface area contributed by atoms with Gasteiger partial charge in [-0.2, -0.15) is 0 Å². The molecule has 0 aromatic heterocycles. The van der Waals surface area contributed by atoms with Crippen molar-refractivity contribution >= 4 is 55.2 Å². The fourth-order valence-corrected chi connectivity index (χ4v) is 6.26. The highest BCUT2D eigenvalue weighted by Crippen LogP contribution is 2.33. The van der Waals surface area contributed by atoms with Crippen LogP contribution in [-0.2, 0) is 26.2 Å². The van der Waals surface area contributed by atoms with Crippen molar-refractivity contribution in [1.29, 1.82) is 0 Å². The van der Waals surface area contributed by atoms with Crippen LogP contribution in [0.4, 0.5) is 5.69 Å². The third-order valence-electron chi connectivity index (χ3n) is 6.79. The van der Waals surface area contributed by atoms with Crippen LogP contribution in [0.5, 0.6) is 5.75 Å². The Morgan fingerprint density at radius 1 is 0.976 bits per heavy atom. The first kappa shape index (κ1) is 33.5. The van der Waals surface area contributed by atoms with Crippen molar-refractivity contribution in [3.05, 3.63) is 82.8 Å². The number of nitrogens with zero attached hydrogens (tertiary/aromatic N) is 2. The maximum atomic E-state index is 14.1. The van der Waals surface area contributed by atoms with E-state index in [1.165, 1.54) is 28.8 Å². The van der Waals surface area contributed by atoms with Gasteiger partial charge in [-0.1, -0.05) is 47.1 Å². The van der Waals surface area contributed by atoms with E-state index in [1.54, 1.807) is 50.2 Å². The molecule has 0 radical (unpaired) electrons. The molecule has 2 atom stereocenters. The fraction of sp³-hybridized carbons (Fsp3) is 0.355. The van der Waals surface area contributed by atoms with Crippen LogP contribution in [0.2, 0.25) is 0 Å². The van der Waals surface area contributed by atoms with Crippen LogP contribution in [0.25, 0.3) is 0 Å². The predicted molar refractivity (Wildman–Crippen MR) is 172 cm³/mol. The summed E-state index contributed by atoms with van der Waals surface area (Å²) in [5.41, 5.74) is 1.04. The van der Waals surface area contributed by atoms with Crippen LogP contribution in [0, 0.1) is 0 Å². The van der Waals surface area contributed by atoms with Crippen LogP contribution in [0.3, 0.4) is 0 Å². The van der Waals surface area contributed by atoms with Gasteiger partial charge in [-0.05, 0) is 87.5 Å². The molecule has 0 aliphatic heterocycles. The van der Waals surface area contributed by atoms with Crippen molar-refractivity contribution in [3.8, 4) is 5.75 Å². The van der Waals surface area contributed by atoms with E-state index in [0.717, 1.165) is 25.7 Å². The summed E-state index contributed by atoms with van der Waals surface area (Å²) in [5, 5.41) is 2.94. The normalized spacial score (nSPS) is 12.7. The zero-order valence-corrected chi connectivity index (χ0v) is 27.8. The Kier molecular flexibility index (Phi) is 12.3. The number of hydrogen-bond acceptors (Lipinski definition) is 6. The van der Waals surface area contributed by atoms with Gasteiger partial charge in [0.1, 0.15) is 18.3 Å². The molecule has 11 heteroatoms. The number of sulfonamides is 1. The van der Waals surface area contributed by atoms with E-state index in [4.69, 9.17) is 4.74 Å². The predicted octanol–water partition coefficient (Wildman–Crippen LogP) is 6.10. The van der Waals surface area contributed by atoms with Gasteiger partial charge in [-0.25, -0.2) is 8.42 Å². The molecular weight excluding hydrogens is 638 g/mol. The first-order valence-electron chi connectivity index (χ1n) is 13.7. The first-order chi connectivity index (χ1) is 20.0. The molecule has 42 heavy (non-hydrogen) atoms. The number of amides is 2. The molecular formula is C31H38BrN3O5S2. The summed E-state index contributed by atoms with van der Waals surface area (Å²) in [4.78, 5) is 29.7. The van der Waals surface area contributed by atoms with Gasteiger partial charge in [0, 0.05) is 22.0 Å². The number of nitrogens with one attached hydrogen (secondary N) is 1. The van der Waals surface area contributed by atoms with Gasteiger partial charge in [0.2, 0.25) is 11.8 Å². The van der Waals surface area contributed by atoms with E-state index < -0.39 is 28.5 Å². The van der Waals surface area contributed by atoms with Crippen LogP contribution in [0.1, 0.15) is 39.7 Å². The first-order valence-corrected chi connectivity index (χ1v) is 17.2. The van der Waals surface area contributed by atoms with Gasteiger partial charge in [0.25, 0.3) is 10.0 Å². The maximum absolute atomic E-state index is 14.1. The second-order valence-electron chi connectivity index (χ2n) is 9.73. The molecule has 0 fully saturated rings. The van der Waals surface area contributed by atoms with Crippen LogP contribution in [-0.4, -0.2) is 56.6 Å². The number of hydrogen-bond donors (Lipinski definition) is 1. The average molecular weight is 677 g/mol. The summed E-state index contributed by atoms with van der Waals surface area (Å²) in [7, 11) is -4.21. The van der Waals surface area contributed by atoms with Gasteiger partial charge >= 0.3 is 0 Å². The molecule has 1 N–H and O–H groups in total. The molecule has 0 aliphatic carbocycles. The van der Waals surface area contributed by atoms with Gasteiger partial charge in [0.15, 0.2) is 0 Å². The number of carbonyl (C=O) groups is 2. The Hall–Kier alpha value is -3.02. The van der Waals surface area contributed by atoms with Crippen LogP contribution in [0.15, 0.2) is 87.1 Å². The summed E-state index contributed by atoms with van der Waals surface area (Å²) in [6.45, 7) is 7.21. The number of thioether (sulfide) groups is 1. The summed E-state index contributed by atoms with van der Waals surface area (Å²) in [6.07, 6.45) is 2.64. The minimum absolute atomic E-state index is 0.0430. The number of benzene rings is 3. The van der Waals surface area contributed by atoms with Crippen molar-refractivity contribution in [2.24, 2.45) is 0 Å². The number of para-hydroxylation sites is 2. The van der Waals surface area contributed by atoms with Crippen molar-refractivity contribution < 1.29 is 22.7 Å². The lowest BCUT2D eigenvalue weighted by molar-refractivity contribution is -0.139. The summed E-state index contributed by atoms with van der Waals surface area (Å²) >= 11 is 4.93. The molecule has 3 aromatic carbocycles. The Balaban J connectivity index is 2.07. The zero-order valence-electron chi connectivity index (χ0n) is 24.5. The van der Waals surface area contributed by atoms with E-state index >= 15 is 0 Å². The standard InChI is InChI=1S/C31H38BrN3O5S2/c1-6-22(3)33-31(37)23(4)34(20-24-12-14-25(32)15-13-24)30(36)21-35(28-10-8-9-11-29(28)40-7-2)42(38,39)27-18-16-26(41-5)17-19-27/h8-19,22-23H,6-7,20-21H2,1-5H3,(H,33,37)/t22-,23+/m0/s1. The Morgan fingerprint density at radius 2 is 1.62 bits per heavy atom. The van der Waals surface area contributed by atoms with Gasteiger partial charge in [0.05, 0.1) is 17.2 Å². The van der Waals surface area contributed by atoms with Crippen LogP contribution >= 0.6 is 27.7 Å². The lowest BCUT2D eigenvalue weighted by atomic mass is 10.1. The Labute approximate surface area is 262 Å². The smallest absolute Gasteiger partial charge is 0.264 e. The highest BCUT2D eigenvalue weighted by Gasteiger charge is 2.34. The quantitative estimate of drug-likeness (QED) is 0.208. The van der Waals surface area contributed by atoms with Gasteiger partial charge in [-0.3, -0.25) is 13.9 Å². The molecule has 226 valence electrons. The van der Waals surface area contributed by atoms with E-state index in [2.05, 4.69) is 21.2 Å². The summed E-state index contributed by atoms with van der Waals surface area (Å²) in [6, 6.07) is 19.7. The highest BCUT2D eigenvalue weighted by molar-refractivity contribution is 9.10. The monoisotopic (exact) mass is 675 g/mol. The van der Waals surface area contributed by atoms with Crippen LogP contribution < -0.4 is 14.4 Å². The number of anilines is 1. The molecule has 2 amide bonds. The van der Waals surface area contributed by atoms with Gasteiger partial charge in [-0.15, -0.1) is 11.8 Å². The minimum Gasteiger partial charge on any atom is -0.492 e. The molecule has 0 heterocycles. The molecule has 0 bridgehead atoms. The van der Waals surface area contributed by atoms with E-state index in [-0.39, 0.29) is 29.1 Å². The second-order valence-corrected chi connectivity index (χ2v) is 13.4. The summed E-state index contributed by atoms with van der Waals surface area (Å²) < 4.78 is 36.0. The SMILES string of the molecule is CCOc1ccccc1N(CC(=O)N(Cc1ccc(Br)cc1)[C@H](C)C(=O)N[C@@H](C)CC)S(=O)(=O)c1ccc(SC)cc1. The Morgan fingerprint density at radius 3 is 2.21 bits per heavy atom. The Bertz CT molecular complexity index is 1450. The maximum Gasteiger partial charge on any atom is 0.264 e. The molecule has 0 saturated carbocycles. The van der Waals surface area contributed by atoms with Gasteiger partial charge < -0.3 is 15.0 Å². The molecule has 0 spiro atoms. The fourth-order valence-electron chi connectivity index (χ4n) is 4.16. The van der Waals surface area contributed by atoms with E-state index in [9.17, 15) is 18.0 Å². The zero-order chi connectivity index (χ0) is 30.9.